The van der Waals surface area contributed by atoms with Crippen molar-refractivity contribution in [1.29, 1.82) is 0 Å². The Bertz CT molecular complexity index is 773. The number of halogens is 1. The van der Waals surface area contributed by atoms with Crippen LogP contribution in [0.25, 0.3) is 5.69 Å². The first-order chi connectivity index (χ1) is 12.0. The number of benzene rings is 1. The highest BCUT2D eigenvalue weighted by molar-refractivity contribution is 6.32. The summed E-state index contributed by atoms with van der Waals surface area (Å²) in [6.07, 6.45) is 4.79. The average molecular weight is 361 g/mol. The highest BCUT2D eigenvalue weighted by atomic mass is 35.5. The normalized spacial score (nSPS) is 15.7. The van der Waals surface area contributed by atoms with Gasteiger partial charge in [-0.25, -0.2) is 4.68 Å². The number of hydrogen-bond acceptors (Lipinski definition) is 3. The second kappa shape index (κ2) is 7.27. The first-order valence-corrected chi connectivity index (χ1v) is 8.75. The van der Waals surface area contributed by atoms with Gasteiger partial charge in [0.25, 0.3) is 0 Å². The SMILES string of the molecule is CC(C)[C@H](C(=O)Nc1ccc(-n2cccn2)c(Cl)c1)N1CCCC1=O. The van der Waals surface area contributed by atoms with Crippen LogP contribution in [0.5, 0.6) is 0 Å². The van der Waals surface area contributed by atoms with Crippen LogP contribution in [0.2, 0.25) is 5.02 Å². The van der Waals surface area contributed by atoms with Crippen LogP contribution in [-0.2, 0) is 9.59 Å². The Morgan fingerprint density at radius 2 is 2.16 bits per heavy atom. The minimum absolute atomic E-state index is 0.0286. The first kappa shape index (κ1) is 17.5. The summed E-state index contributed by atoms with van der Waals surface area (Å²) in [4.78, 5) is 26.4. The van der Waals surface area contributed by atoms with Crippen molar-refractivity contribution in [3.05, 3.63) is 41.7 Å². The van der Waals surface area contributed by atoms with Gasteiger partial charge in [0.05, 0.1) is 10.7 Å². The highest BCUT2D eigenvalue weighted by Crippen LogP contribution is 2.25. The van der Waals surface area contributed by atoms with Gasteiger partial charge in [0.1, 0.15) is 6.04 Å². The van der Waals surface area contributed by atoms with Crippen LogP contribution in [-0.4, -0.2) is 39.1 Å². The summed E-state index contributed by atoms with van der Waals surface area (Å²) in [7, 11) is 0. The van der Waals surface area contributed by atoms with Crippen LogP contribution >= 0.6 is 11.6 Å². The van der Waals surface area contributed by atoms with Crippen LogP contribution < -0.4 is 5.32 Å². The van der Waals surface area contributed by atoms with Crippen LogP contribution in [0.4, 0.5) is 5.69 Å². The van der Waals surface area contributed by atoms with Crippen molar-refractivity contribution in [2.45, 2.75) is 32.7 Å². The van der Waals surface area contributed by atoms with E-state index in [0.717, 1.165) is 12.1 Å². The first-order valence-electron chi connectivity index (χ1n) is 8.37. The largest absolute Gasteiger partial charge is 0.330 e. The molecule has 0 saturated carbocycles. The molecule has 0 unspecified atom stereocenters. The molecule has 132 valence electrons. The van der Waals surface area contributed by atoms with Gasteiger partial charge in [-0.05, 0) is 36.6 Å². The molecule has 1 aromatic carbocycles. The lowest BCUT2D eigenvalue weighted by Crippen LogP contribution is -2.47. The molecule has 6 nitrogen and oxygen atoms in total. The Labute approximate surface area is 151 Å². The van der Waals surface area contributed by atoms with Gasteiger partial charge in [0, 0.05) is 31.0 Å². The van der Waals surface area contributed by atoms with E-state index in [4.69, 9.17) is 11.6 Å². The van der Waals surface area contributed by atoms with Crippen LogP contribution in [0.1, 0.15) is 26.7 Å². The van der Waals surface area contributed by atoms with Crippen molar-refractivity contribution in [3.8, 4) is 5.69 Å². The summed E-state index contributed by atoms with van der Waals surface area (Å²) in [6, 6.07) is 6.62. The highest BCUT2D eigenvalue weighted by Gasteiger charge is 2.34. The smallest absolute Gasteiger partial charge is 0.247 e. The van der Waals surface area contributed by atoms with Crippen LogP contribution in [0.3, 0.4) is 0 Å². The van der Waals surface area contributed by atoms with Crippen LogP contribution in [0, 0.1) is 5.92 Å². The standard InChI is InChI=1S/C18H21ClN4O2/c1-12(2)17(22-9-3-5-16(22)24)18(25)21-13-6-7-15(14(19)11-13)23-10-4-8-20-23/h4,6-8,10-12,17H,3,5,9H2,1-2H3,(H,21,25)/t17-/m1/s1. The number of anilines is 1. The predicted molar refractivity (Wildman–Crippen MR) is 96.8 cm³/mol. The second-order valence-electron chi connectivity index (χ2n) is 6.49. The zero-order valence-corrected chi connectivity index (χ0v) is 15.0. The topological polar surface area (TPSA) is 67.2 Å². The summed E-state index contributed by atoms with van der Waals surface area (Å²) in [5.41, 5.74) is 1.34. The van der Waals surface area contributed by atoms with E-state index in [9.17, 15) is 9.59 Å². The van der Waals surface area contributed by atoms with Crippen molar-refractivity contribution < 1.29 is 9.59 Å². The van der Waals surface area contributed by atoms with Gasteiger partial charge in [-0.2, -0.15) is 5.10 Å². The number of rotatable bonds is 5. The number of carbonyl (C=O) groups is 2. The molecule has 1 fully saturated rings. The molecule has 1 N–H and O–H groups in total. The number of carbonyl (C=O) groups excluding carboxylic acids is 2. The number of amides is 2. The lowest BCUT2D eigenvalue weighted by Gasteiger charge is -2.29. The molecule has 2 heterocycles. The van der Waals surface area contributed by atoms with Crippen molar-refractivity contribution in [3.63, 3.8) is 0 Å². The van der Waals surface area contributed by atoms with E-state index in [1.54, 1.807) is 40.2 Å². The molecule has 0 spiro atoms. The lowest BCUT2D eigenvalue weighted by atomic mass is 10.0. The zero-order valence-electron chi connectivity index (χ0n) is 14.3. The fourth-order valence-electron chi connectivity index (χ4n) is 3.17. The number of nitrogens with one attached hydrogen (secondary N) is 1. The number of hydrogen-bond donors (Lipinski definition) is 1. The van der Waals surface area contributed by atoms with Gasteiger partial charge in [-0.15, -0.1) is 0 Å². The fourth-order valence-corrected chi connectivity index (χ4v) is 3.43. The van der Waals surface area contributed by atoms with Gasteiger partial charge >= 0.3 is 0 Å². The molecule has 25 heavy (non-hydrogen) atoms. The third kappa shape index (κ3) is 3.69. The summed E-state index contributed by atoms with van der Waals surface area (Å²) in [5, 5.41) is 7.52. The molecule has 0 radical (unpaired) electrons. The molecule has 7 heteroatoms. The Balaban J connectivity index is 1.77. The second-order valence-corrected chi connectivity index (χ2v) is 6.89. The number of likely N-dealkylation sites (tertiary alicyclic amines) is 1. The van der Waals surface area contributed by atoms with E-state index in [1.165, 1.54) is 0 Å². The number of aromatic nitrogens is 2. The molecule has 3 rings (SSSR count). The summed E-state index contributed by atoms with van der Waals surface area (Å²) in [5.74, 6) is -0.116. The zero-order chi connectivity index (χ0) is 18.0. The molecular weight excluding hydrogens is 340 g/mol. The quantitative estimate of drug-likeness (QED) is 0.890. The van der Waals surface area contributed by atoms with E-state index >= 15 is 0 Å². The molecule has 2 aromatic rings. The predicted octanol–water partition coefficient (Wildman–Crippen LogP) is 3.11. The molecule has 1 aliphatic heterocycles. The van der Waals surface area contributed by atoms with Crippen LogP contribution in [0.15, 0.2) is 36.7 Å². The average Bonchev–Trinajstić information content (AvgIpc) is 3.20. The third-order valence-electron chi connectivity index (χ3n) is 4.31. The maximum atomic E-state index is 12.7. The van der Waals surface area contributed by atoms with Gasteiger partial charge in [-0.1, -0.05) is 25.4 Å². The van der Waals surface area contributed by atoms with Crippen molar-refractivity contribution >= 4 is 29.1 Å². The Morgan fingerprint density at radius 1 is 1.36 bits per heavy atom. The molecule has 1 aromatic heterocycles. The van der Waals surface area contributed by atoms with Crippen molar-refractivity contribution in [1.82, 2.24) is 14.7 Å². The van der Waals surface area contributed by atoms with E-state index in [2.05, 4.69) is 10.4 Å². The van der Waals surface area contributed by atoms with E-state index in [1.807, 2.05) is 19.9 Å². The molecule has 1 aliphatic rings. The molecular formula is C18H21ClN4O2. The Hall–Kier alpha value is -2.34. The van der Waals surface area contributed by atoms with Crippen molar-refractivity contribution in [2.75, 3.05) is 11.9 Å². The third-order valence-corrected chi connectivity index (χ3v) is 4.62. The van der Waals surface area contributed by atoms with Gasteiger partial charge in [-0.3, -0.25) is 9.59 Å². The molecule has 1 saturated heterocycles. The summed E-state index contributed by atoms with van der Waals surface area (Å²) in [6.45, 7) is 4.53. The van der Waals surface area contributed by atoms with E-state index in [0.29, 0.717) is 23.7 Å². The summed E-state index contributed by atoms with van der Waals surface area (Å²) >= 11 is 6.32. The molecule has 1 atom stereocenters. The minimum atomic E-state index is -0.473. The van der Waals surface area contributed by atoms with E-state index < -0.39 is 6.04 Å². The maximum absolute atomic E-state index is 12.7. The maximum Gasteiger partial charge on any atom is 0.247 e. The number of nitrogens with zero attached hydrogens (tertiary/aromatic N) is 3. The fraction of sp³-hybridized carbons (Fsp3) is 0.389. The Kier molecular flexibility index (Phi) is 5.08. The minimum Gasteiger partial charge on any atom is -0.330 e. The van der Waals surface area contributed by atoms with E-state index in [-0.39, 0.29) is 17.7 Å². The molecule has 0 aliphatic carbocycles. The van der Waals surface area contributed by atoms with Gasteiger partial charge < -0.3 is 10.2 Å². The van der Waals surface area contributed by atoms with Gasteiger partial charge in [0.15, 0.2) is 0 Å². The summed E-state index contributed by atoms with van der Waals surface area (Å²) < 4.78 is 1.66. The molecule has 0 bridgehead atoms. The van der Waals surface area contributed by atoms with Gasteiger partial charge in [0.2, 0.25) is 11.8 Å². The monoisotopic (exact) mass is 360 g/mol. The van der Waals surface area contributed by atoms with Crippen molar-refractivity contribution in [2.24, 2.45) is 5.92 Å². The Morgan fingerprint density at radius 3 is 2.72 bits per heavy atom. The molecule has 2 amide bonds. The lowest BCUT2D eigenvalue weighted by molar-refractivity contribution is -0.136.